The zero-order valence-corrected chi connectivity index (χ0v) is 10.0. The van der Waals surface area contributed by atoms with Gasteiger partial charge in [0.1, 0.15) is 6.04 Å². The summed E-state index contributed by atoms with van der Waals surface area (Å²) in [6, 6.07) is -0.0000926. The minimum absolute atomic E-state index is 0.0000926. The molecule has 0 saturated carbocycles. The van der Waals surface area contributed by atoms with E-state index in [9.17, 15) is 4.79 Å². The molecule has 1 aliphatic heterocycles. The van der Waals surface area contributed by atoms with Crippen LogP contribution in [-0.2, 0) is 4.79 Å². The number of amides is 1. The third-order valence-corrected chi connectivity index (χ3v) is 2.66. The van der Waals surface area contributed by atoms with Crippen molar-refractivity contribution < 1.29 is 4.79 Å². The molecule has 88 valence electrons. The number of nitrogens with zero attached hydrogens (tertiary/aromatic N) is 1. The van der Waals surface area contributed by atoms with Gasteiger partial charge in [-0.25, -0.2) is 0 Å². The minimum Gasteiger partial charge on any atom is -0.355 e. The summed E-state index contributed by atoms with van der Waals surface area (Å²) in [6.07, 6.45) is 1.05. The fourth-order valence-corrected chi connectivity index (χ4v) is 2.04. The molecule has 1 atom stereocenters. The Bertz CT molecular complexity index is 206. The van der Waals surface area contributed by atoms with Gasteiger partial charge in [0.25, 0.3) is 0 Å². The van der Waals surface area contributed by atoms with Crippen molar-refractivity contribution in [3.8, 4) is 0 Å². The summed E-state index contributed by atoms with van der Waals surface area (Å²) in [5, 5.41) is 6.06. The Balaban J connectivity index is 2.63. The molecule has 1 amide bonds. The number of nitrogens with one attached hydrogen (secondary N) is 2. The molecule has 1 heterocycles. The van der Waals surface area contributed by atoms with E-state index >= 15 is 0 Å². The molecule has 0 radical (unpaired) electrons. The SMILES string of the molecule is CNCC1C(=O)NCCCN1CC(C)C. The maximum atomic E-state index is 11.8. The van der Waals surface area contributed by atoms with Gasteiger partial charge in [-0.05, 0) is 19.4 Å². The third kappa shape index (κ3) is 3.80. The lowest BCUT2D eigenvalue weighted by atomic mass is 10.1. The summed E-state index contributed by atoms with van der Waals surface area (Å²) < 4.78 is 0. The van der Waals surface area contributed by atoms with Gasteiger partial charge in [-0.2, -0.15) is 0 Å². The lowest BCUT2D eigenvalue weighted by Crippen LogP contribution is -2.50. The van der Waals surface area contributed by atoms with Gasteiger partial charge >= 0.3 is 0 Å². The van der Waals surface area contributed by atoms with Gasteiger partial charge in [-0.3, -0.25) is 9.69 Å². The molecule has 0 aromatic carbocycles. The number of carbonyl (C=O) groups is 1. The van der Waals surface area contributed by atoms with Crippen LogP contribution >= 0.6 is 0 Å². The highest BCUT2D eigenvalue weighted by Gasteiger charge is 2.27. The quantitative estimate of drug-likeness (QED) is 0.694. The molecular formula is C11H23N3O. The van der Waals surface area contributed by atoms with Gasteiger partial charge < -0.3 is 10.6 Å². The van der Waals surface area contributed by atoms with E-state index in [0.29, 0.717) is 5.92 Å². The average molecular weight is 213 g/mol. The van der Waals surface area contributed by atoms with Crippen LogP contribution < -0.4 is 10.6 Å². The zero-order chi connectivity index (χ0) is 11.3. The Morgan fingerprint density at radius 1 is 1.60 bits per heavy atom. The summed E-state index contributed by atoms with van der Waals surface area (Å²) in [4.78, 5) is 14.1. The topological polar surface area (TPSA) is 44.4 Å². The second-order valence-electron chi connectivity index (χ2n) is 4.61. The molecule has 4 nitrogen and oxygen atoms in total. The van der Waals surface area contributed by atoms with Crippen molar-refractivity contribution in [3.63, 3.8) is 0 Å². The third-order valence-electron chi connectivity index (χ3n) is 2.66. The van der Waals surface area contributed by atoms with Crippen molar-refractivity contribution in [2.24, 2.45) is 5.92 Å². The molecule has 1 fully saturated rings. The van der Waals surface area contributed by atoms with Gasteiger partial charge in [0, 0.05) is 26.2 Å². The van der Waals surface area contributed by atoms with Crippen LogP contribution in [0.2, 0.25) is 0 Å². The smallest absolute Gasteiger partial charge is 0.238 e. The van der Waals surface area contributed by atoms with E-state index < -0.39 is 0 Å². The van der Waals surface area contributed by atoms with E-state index in [-0.39, 0.29) is 11.9 Å². The molecule has 15 heavy (non-hydrogen) atoms. The van der Waals surface area contributed by atoms with Crippen molar-refractivity contribution in [2.75, 3.05) is 33.2 Å². The van der Waals surface area contributed by atoms with E-state index in [0.717, 1.165) is 32.6 Å². The van der Waals surface area contributed by atoms with Crippen LogP contribution in [0.4, 0.5) is 0 Å². The fourth-order valence-electron chi connectivity index (χ4n) is 2.04. The monoisotopic (exact) mass is 213 g/mol. The van der Waals surface area contributed by atoms with E-state index in [4.69, 9.17) is 0 Å². The van der Waals surface area contributed by atoms with E-state index in [2.05, 4.69) is 29.4 Å². The lowest BCUT2D eigenvalue weighted by Gasteiger charge is -2.29. The zero-order valence-electron chi connectivity index (χ0n) is 10.0. The van der Waals surface area contributed by atoms with Crippen molar-refractivity contribution in [2.45, 2.75) is 26.3 Å². The van der Waals surface area contributed by atoms with Gasteiger partial charge in [-0.1, -0.05) is 13.8 Å². The molecular weight excluding hydrogens is 190 g/mol. The lowest BCUT2D eigenvalue weighted by molar-refractivity contribution is -0.125. The average Bonchev–Trinajstić information content (AvgIpc) is 2.32. The number of hydrogen-bond donors (Lipinski definition) is 2. The van der Waals surface area contributed by atoms with Crippen molar-refractivity contribution in [3.05, 3.63) is 0 Å². The second kappa shape index (κ2) is 6.08. The number of carbonyl (C=O) groups excluding carboxylic acids is 1. The van der Waals surface area contributed by atoms with Crippen LogP contribution in [0.5, 0.6) is 0 Å². The molecule has 1 rings (SSSR count). The van der Waals surface area contributed by atoms with Crippen LogP contribution in [0.15, 0.2) is 0 Å². The summed E-state index contributed by atoms with van der Waals surface area (Å²) in [7, 11) is 1.89. The van der Waals surface area contributed by atoms with E-state index in [1.807, 2.05) is 7.05 Å². The first-order valence-corrected chi connectivity index (χ1v) is 5.81. The Kier molecular flexibility index (Phi) is 5.05. The molecule has 1 saturated heterocycles. The van der Waals surface area contributed by atoms with Crippen molar-refractivity contribution in [1.82, 2.24) is 15.5 Å². The highest BCUT2D eigenvalue weighted by Crippen LogP contribution is 2.08. The predicted molar refractivity (Wildman–Crippen MR) is 61.8 cm³/mol. The van der Waals surface area contributed by atoms with Crippen LogP contribution in [-0.4, -0.2) is 50.1 Å². The fraction of sp³-hybridized carbons (Fsp3) is 0.909. The molecule has 0 bridgehead atoms. The van der Waals surface area contributed by atoms with Crippen LogP contribution in [0, 0.1) is 5.92 Å². The largest absolute Gasteiger partial charge is 0.355 e. The van der Waals surface area contributed by atoms with Gasteiger partial charge in [-0.15, -0.1) is 0 Å². The van der Waals surface area contributed by atoms with Crippen LogP contribution in [0.25, 0.3) is 0 Å². The molecule has 0 aromatic rings. The predicted octanol–water partition coefficient (Wildman–Crippen LogP) is 0.0523. The second-order valence-corrected chi connectivity index (χ2v) is 4.61. The Hall–Kier alpha value is -0.610. The van der Waals surface area contributed by atoms with Crippen LogP contribution in [0.3, 0.4) is 0 Å². The molecule has 0 aliphatic carbocycles. The summed E-state index contributed by atoms with van der Waals surface area (Å²) in [6.45, 7) is 7.95. The highest BCUT2D eigenvalue weighted by molar-refractivity contribution is 5.82. The molecule has 2 N–H and O–H groups in total. The Morgan fingerprint density at radius 3 is 2.93 bits per heavy atom. The summed E-state index contributed by atoms with van der Waals surface area (Å²) in [5.41, 5.74) is 0. The molecule has 1 aliphatic rings. The van der Waals surface area contributed by atoms with E-state index in [1.54, 1.807) is 0 Å². The van der Waals surface area contributed by atoms with E-state index in [1.165, 1.54) is 0 Å². The van der Waals surface area contributed by atoms with Gasteiger partial charge in [0.15, 0.2) is 0 Å². The summed E-state index contributed by atoms with van der Waals surface area (Å²) in [5.74, 6) is 0.776. The van der Waals surface area contributed by atoms with Crippen molar-refractivity contribution >= 4 is 5.91 Å². The molecule has 0 spiro atoms. The normalized spacial score (nSPS) is 24.0. The maximum Gasteiger partial charge on any atom is 0.238 e. The first kappa shape index (κ1) is 12.5. The first-order valence-electron chi connectivity index (χ1n) is 5.81. The van der Waals surface area contributed by atoms with Gasteiger partial charge in [0.2, 0.25) is 5.91 Å². The number of likely N-dealkylation sites (N-methyl/N-ethyl adjacent to an activating group) is 1. The number of hydrogen-bond acceptors (Lipinski definition) is 3. The highest BCUT2D eigenvalue weighted by atomic mass is 16.2. The molecule has 0 aromatic heterocycles. The summed E-state index contributed by atoms with van der Waals surface area (Å²) >= 11 is 0. The number of rotatable bonds is 4. The standard InChI is InChI=1S/C11H23N3O/c1-9(2)8-14-6-4-5-13-11(15)10(14)7-12-3/h9-10,12H,4-8H2,1-3H3,(H,13,15). The minimum atomic E-state index is -0.0000926. The van der Waals surface area contributed by atoms with Gasteiger partial charge in [0.05, 0.1) is 0 Å². The molecule has 1 unspecified atom stereocenters. The van der Waals surface area contributed by atoms with Crippen LogP contribution in [0.1, 0.15) is 20.3 Å². The van der Waals surface area contributed by atoms with Crippen molar-refractivity contribution in [1.29, 1.82) is 0 Å². The first-order chi connectivity index (χ1) is 7.15. The Morgan fingerprint density at radius 2 is 2.33 bits per heavy atom. The maximum absolute atomic E-state index is 11.8. The molecule has 4 heteroatoms. The Labute approximate surface area is 92.4 Å².